The van der Waals surface area contributed by atoms with Gasteiger partial charge in [0.15, 0.2) is 5.69 Å². The number of carbonyl (C=O) groups is 1. The van der Waals surface area contributed by atoms with E-state index >= 15 is 0 Å². The first-order valence-corrected chi connectivity index (χ1v) is 7.97. The number of benzene rings is 1. The fourth-order valence-corrected chi connectivity index (χ4v) is 2.63. The molecule has 2 heterocycles. The zero-order chi connectivity index (χ0) is 17.1. The Kier molecular flexibility index (Phi) is 4.46. The van der Waals surface area contributed by atoms with Gasteiger partial charge in [-0.1, -0.05) is 30.3 Å². The standard InChI is InChI=1S/C18H20N4O2/c1-12(8-9-14-6-4-3-5-7-14)19-17(23)15-10-16-18(24)20-13(2)11-22(16)21-15/h3-7,10-12H,8-9H2,1-2H3,(H,19,23)(H,20,24). The number of amides is 1. The molecule has 24 heavy (non-hydrogen) atoms. The van der Waals surface area contributed by atoms with Crippen LogP contribution < -0.4 is 10.9 Å². The van der Waals surface area contributed by atoms with Gasteiger partial charge in [-0.15, -0.1) is 0 Å². The first-order valence-electron chi connectivity index (χ1n) is 7.97. The smallest absolute Gasteiger partial charge is 0.274 e. The van der Waals surface area contributed by atoms with E-state index in [1.807, 2.05) is 25.1 Å². The van der Waals surface area contributed by atoms with Crippen LogP contribution in [0.2, 0.25) is 0 Å². The normalized spacial score (nSPS) is 12.2. The Balaban J connectivity index is 1.66. The van der Waals surface area contributed by atoms with E-state index in [1.54, 1.807) is 13.1 Å². The molecule has 1 unspecified atom stereocenters. The quantitative estimate of drug-likeness (QED) is 0.754. The summed E-state index contributed by atoms with van der Waals surface area (Å²) in [6.07, 6.45) is 3.42. The van der Waals surface area contributed by atoms with Crippen LogP contribution in [0.3, 0.4) is 0 Å². The second-order valence-corrected chi connectivity index (χ2v) is 6.02. The van der Waals surface area contributed by atoms with Crippen LogP contribution in [0.1, 0.15) is 35.1 Å². The van der Waals surface area contributed by atoms with Gasteiger partial charge in [0.25, 0.3) is 11.5 Å². The Morgan fingerprint density at radius 1 is 1.33 bits per heavy atom. The number of nitrogens with one attached hydrogen (secondary N) is 2. The molecule has 0 spiro atoms. The van der Waals surface area contributed by atoms with Crippen molar-refractivity contribution in [1.29, 1.82) is 0 Å². The highest BCUT2D eigenvalue weighted by atomic mass is 16.2. The molecule has 0 bridgehead atoms. The van der Waals surface area contributed by atoms with Crippen LogP contribution in [0.25, 0.3) is 5.52 Å². The lowest BCUT2D eigenvalue weighted by Crippen LogP contribution is -2.33. The Bertz CT molecular complexity index is 912. The van der Waals surface area contributed by atoms with Gasteiger partial charge in [-0.3, -0.25) is 9.59 Å². The second kappa shape index (κ2) is 6.70. The summed E-state index contributed by atoms with van der Waals surface area (Å²) in [6, 6.07) is 11.7. The predicted molar refractivity (Wildman–Crippen MR) is 92.2 cm³/mol. The number of fused-ring (bicyclic) bond motifs is 1. The van der Waals surface area contributed by atoms with Crippen LogP contribution in [-0.2, 0) is 6.42 Å². The second-order valence-electron chi connectivity index (χ2n) is 6.02. The zero-order valence-electron chi connectivity index (χ0n) is 13.7. The summed E-state index contributed by atoms with van der Waals surface area (Å²) >= 11 is 0. The van der Waals surface area contributed by atoms with Crippen LogP contribution >= 0.6 is 0 Å². The first kappa shape index (κ1) is 16.0. The summed E-state index contributed by atoms with van der Waals surface area (Å²) in [6.45, 7) is 3.74. The Morgan fingerprint density at radius 3 is 2.83 bits per heavy atom. The fraction of sp³-hybridized carbons (Fsp3) is 0.278. The SMILES string of the molecule is Cc1cn2nc(C(=O)NC(C)CCc3ccccc3)cc2c(=O)[nH]1. The molecule has 1 amide bonds. The third kappa shape index (κ3) is 3.53. The lowest BCUT2D eigenvalue weighted by molar-refractivity contribution is 0.0933. The van der Waals surface area contributed by atoms with Gasteiger partial charge < -0.3 is 10.3 Å². The van der Waals surface area contributed by atoms with Gasteiger partial charge in [-0.2, -0.15) is 5.10 Å². The number of hydrogen-bond acceptors (Lipinski definition) is 3. The van der Waals surface area contributed by atoms with Crippen molar-refractivity contribution in [2.75, 3.05) is 0 Å². The van der Waals surface area contributed by atoms with E-state index in [0.717, 1.165) is 12.8 Å². The molecule has 0 aliphatic heterocycles. The molecule has 0 saturated carbocycles. The monoisotopic (exact) mass is 324 g/mol. The van der Waals surface area contributed by atoms with E-state index in [-0.39, 0.29) is 23.2 Å². The summed E-state index contributed by atoms with van der Waals surface area (Å²) in [5.74, 6) is -0.267. The molecule has 0 radical (unpaired) electrons. The number of aromatic amines is 1. The maximum atomic E-state index is 12.3. The zero-order valence-corrected chi connectivity index (χ0v) is 13.7. The van der Waals surface area contributed by atoms with Gasteiger partial charge in [-0.05, 0) is 32.3 Å². The van der Waals surface area contributed by atoms with E-state index in [1.165, 1.54) is 16.1 Å². The number of rotatable bonds is 5. The molecule has 3 rings (SSSR count). The van der Waals surface area contributed by atoms with Crippen molar-refractivity contribution in [3.8, 4) is 0 Å². The van der Waals surface area contributed by atoms with E-state index in [2.05, 4.69) is 27.5 Å². The molecule has 2 aromatic heterocycles. The third-order valence-corrected chi connectivity index (χ3v) is 3.91. The minimum Gasteiger partial charge on any atom is -0.348 e. The van der Waals surface area contributed by atoms with Crippen molar-refractivity contribution in [3.63, 3.8) is 0 Å². The molecule has 0 aliphatic rings. The molecule has 0 saturated heterocycles. The third-order valence-electron chi connectivity index (χ3n) is 3.91. The molecule has 1 aromatic carbocycles. The van der Waals surface area contributed by atoms with E-state index < -0.39 is 0 Å². The number of carbonyl (C=O) groups excluding carboxylic acids is 1. The van der Waals surface area contributed by atoms with Gasteiger partial charge in [0.1, 0.15) is 5.52 Å². The summed E-state index contributed by atoms with van der Waals surface area (Å²) < 4.78 is 1.44. The largest absolute Gasteiger partial charge is 0.348 e. The van der Waals surface area contributed by atoms with Crippen molar-refractivity contribution in [3.05, 3.63) is 69.9 Å². The lowest BCUT2D eigenvalue weighted by atomic mass is 10.1. The topological polar surface area (TPSA) is 79.3 Å². The Morgan fingerprint density at radius 2 is 2.08 bits per heavy atom. The average molecular weight is 324 g/mol. The van der Waals surface area contributed by atoms with E-state index in [9.17, 15) is 9.59 Å². The molecule has 1 atom stereocenters. The fourth-order valence-electron chi connectivity index (χ4n) is 2.63. The summed E-state index contributed by atoms with van der Waals surface area (Å²) in [5, 5.41) is 7.12. The highest BCUT2D eigenvalue weighted by molar-refractivity contribution is 5.93. The van der Waals surface area contributed by atoms with E-state index in [4.69, 9.17) is 0 Å². The summed E-state index contributed by atoms with van der Waals surface area (Å²) in [7, 11) is 0. The lowest BCUT2D eigenvalue weighted by Gasteiger charge is -2.12. The van der Waals surface area contributed by atoms with Crippen molar-refractivity contribution in [2.24, 2.45) is 0 Å². The van der Waals surface area contributed by atoms with Gasteiger partial charge in [-0.25, -0.2) is 4.52 Å². The van der Waals surface area contributed by atoms with Crippen molar-refractivity contribution in [1.82, 2.24) is 19.9 Å². The van der Waals surface area contributed by atoms with Gasteiger partial charge in [0, 0.05) is 24.0 Å². The van der Waals surface area contributed by atoms with Crippen molar-refractivity contribution < 1.29 is 4.79 Å². The maximum Gasteiger partial charge on any atom is 0.274 e. The van der Waals surface area contributed by atoms with Gasteiger partial charge in [0.05, 0.1) is 0 Å². The van der Waals surface area contributed by atoms with Crippen LogP contribution in [0.15, 0.2) is 47.4 Å². The minimum atomic E-state index is -0.267. The summed E-state index contributed by atoms with van der Waals surface area (Å²) in [5.41, 5.74) is 2.30. The molecule has 3 aromatic rings. The molecule has 0 fully saturated rings. The molecule has 0 aliphatic carbocycles. The number of hydrogen-bond donors (Lipinski definition) is 2. The average Bonchev–Trinajstić information content (AvgIpc) is 2.98. The number of aryl methyl sites for hydroxylation is 2. The van der Waals surface area contributed by atoms with Crippen LogP contribution in [0, 0.1) is 6.92 Å². The molecule has 124 valence electrons. The highest BCUT2D eigenvalue weighted by Gasteiger charge is 2.15. The van der Waals surface area contributed by atoms with E-state index in [0.29, 0.717) is 11.2 Å². The summed E-state index contributed by atoms with van der Waals surface area (Å²) in [4.78, 5) is 26.9. The molecule has 6 nitrogen and oxygen atoms in total. The molecule has 6 heteroatoms. The molecular formula is C18H20N4O2. The van der Waals surface area contributed by atoms with Crippen LogP contribution in [-0.4, -0.2) is 26.5 Å². The Labute approximate surface area is 139 Å². The van der Waals surface area contributed by atoms with Crippen molar-refractivity contribution >= 4 is 11.4 Å². The van der Waals surface area contributed by atoms with Crippen LogP contribution in [0.5, 0.6) is 0 Å². The van der Waals surface area contributed by atoms with Crippen molar-refractivity contribution in [2.45, 2.75) is 32.7 Å². The maximum absolute atomic E-state index is 12.3. The molecule has 2 N–H and O–H groups in total. The molecular weight excluding hydrogens is 304 g/mol. The van der Waals surface area contributed by atoms with Gasteiger partial charge in [0.2, 0.25) is 0 Å². The first-order chi connectivity index (χ1) is 11.5. The predicted octanol–water partition coefficient (Wildman–Crippen LogP) is 2.08. The van der Waals surface area contributed by atoms with Crippen LogP contribution in [0.4, 0.5) is 0 Å². The Hall–Kier alpha value is -2.89. The van der Waals surface area contributed by atoms with Gasteiger partial charge >= 0.3 is 0 Å². The minimum absolute atomic E-state index is 0.0162. The number of H-pyrrole nitrogens is 1. The number of nitrogens with zero attached hydrogens (tertiary/aromatic N) is 2. The number of aromatic nitrogens is 3. The highest BCUT2D eigenvalue weighted by Crippen LogP contribution is 2.07.